The molecule has 0 spiro atoms. The van der Waals surface area contributed by atoms with Crippen molar-refractivity contribution < 1.29 is 9.59 Å². The van der Waals surface area contributed by atoms with Crippen molar-refractivity contribution in [2.75, 3.05) is 31.5 Å². The van der Waals surface area contributed by atoms with Crippen LogP contribution in [0.25, 0.3) is 10.2 Å². The van der Waals surface area contributed by atoms with E-state index in [-0.39, 0.29) is 17.7 Å². The zero-order valence-electron chi connectivity index (χ0n) is 15.2. The molecule has 0 saturated carbocycles. The first-order chi connectivity index (χ1) is 12.7. The van der Waals surface area contributed by atoms with E-state index in [9.17, 15) is 9.59 Å². The largest absolute Gasteiger partial charge is 0.360 e. The molecule has 140 valence electrons. The number of anilines is 1. The average molecular weight is 375 g/mol. The lowest BCUT2D eigenvalue weighted by molar-refractivity contribution is -0.135. The van der Waals surface area contributed by atoms with Gasteiger partial charge in [-0.25, -0.2) is 4.98 Å². The second-order valence-corrected chi connectivity index (χ2v) is 7.66. The predicted molar refractivity (Wildman–Crippen MR) is 105 cm³/mol. The van der Waals surface area contributed by atoms with Crippen LogP contribution in [0.5, 0.6) is 0 Å². The number of likely N-dealkylation sites (tertiary alicyclic amines) is 1. The number of amides is 2. The van der Waals surface area contributed by atoms with Crippen LogP contribution in [0, 0.1) is 5.92 Å². The maximum atomic E-state index is 12.4. The molecule has 1 aromatic heterocycles. The smallest absolute Gasteiger partial charge is 0.224 e. The summed E-state index contributed by atoms with van der Waals surface area (Å²) in [6.07, 6.45) is 3.18. The lowest BCUT2D eigenvalue weighted by Crippen LogP contribution is -2.46. The topological polar surface area (TPSA) is 74.3 Å². The monoisotopic (exact) mass is 374 g/mol. The van der Waals surface area contributed by atoms with Gasteiger partial charge in [-0.2, -0.15) is 0 Å². The summed E-state index contributed by atoms with van der Waals surface area (Å²) in [6.45, 7) is 4.52. The fraction of sp³-hybridized carbons (Fsp3) is 0.526. The Balaban J connectivity index is 1.41. The molecule has 2 aromatic rings. The molecule has 0 aliphatic carbocycles. The Hall–Kier alpha value is -2.15. The van der Waals surface area contributed by atoms with Gasteiger partial charge in [0.1, 0.15) is 0 Å². The Morgan fingerprint density at radius 2 is 2.15 bits per heavy atom. The molecule has 1 unspecified atom stereocenters. The molecule has 26 heavy (non-hydrogen) atoms. The fourth-order valence-electron chi connectivity index (χ4n) is 3.24. The number of rotatable bonds is 7. The molecule has 6 nitrogen and oxygen atoms in total. The van der Waals surface area contributed by atoms with Gasteiger partial charge in [0.05, 0.1) is 16.1 Å². The van der Waals surface area contributed by atoms with Gasteiger partial charge in [0, 0.05) is 32.6 Å². The summed E-state index contributed by atoms with van der Waals surface area (Å²) >= 11 is 1.61. The number of hydrogen-bond acceptors (Lipinski definition) is 5. The fourth-order valence-corrected chi connectivity index (χ4v) is 4.13. The third-order valence-electron chi connectivity index (χ3n) is 4.60. The van der Waals surface area contributed by atoms with E-state index < -0.39 is 0 Å². The Labute approximate surface area is 158 Å². The second-order valence-electron chi connectivity index (χ2n) is 6.63. The van der Waals surface area contributed by atoms with Gasteiger partial charge in [0.25, 0.3) is 0 Å². The number of carbonyl (C=O) groups is 2. The molecule has 2 N–H and O–H groups in total. The van der Waals surface area contributed by atoms with Crippen molar-refractivity contribution in [2.45, 2.75) is 32.6 Å². The maximum absolute atomic E-state index is 12.4. The standard InChI is InChI=1S/C19H26N4O2S/c1-2-6-17(24)23-12-5-7-14(13-23)18(25)20-10-11-21-19-22-15-8-3-4-9-16(15)26-19/h3-4,8-9,14H,2,5-7,10-13H2,1H3,(H,20,25)(H,21,22). The number of para-hydroxylation sites is 1. The summed E-state index contributed by atoms with van der Waals surface area (Å²) in [5.41, 5.74) is 0.989. The number of aromatic nitrogens is 1. The Kier molecular flexibility index (Phi) is 6.44. The summed E-state index contributed by atoms with van der Waals surface area (Å²) in [5.74, 6) is 0.125. The summed E-state index contributed by atoms with van der Waals surface area (Å²) < 4.78 is 1.15. The SMILES string of the molecule is CCCC(=O)N1CCCC(C(=O)NCCNc2nc3ccccc3s2)C1. The summed E-state index contributed by atoms with van der Waals surface area (Å²) in [4.78, 5) is 30.8. The van der Waals surface area contributed by atoms with E-state index in [2.05, 4.69) is 21.7 Å². The van der Waals surface area contributed by atoms with Crippen LogP contribution in [0.1, 0.15) is 32.6 Å². The summed E-state index contributed by atoms with van der Waals surface area (Å²) in [5, 5.41) is 7.12. The summed E-state index contributed by atoms with van der Waals surface area (Å²) in [6, 6.07) is 8.02. The minimum absolute atomic E-state index is 0.0464. The van der Waals surface area contributed by atoms with Crippen LogP contribution in [0.3, 0.4) is 0 Å². The third-order valence-corrected chi connectivity index (χ3v) is 5.60. The van der Waals surface area contributed by atoms with E-state index >= 15 is 0 Å². The molecule has 2 amide bonds. The molecule has 7 heteroatoms. The van der Waals surface area contributed by atoms with Gasteiger partial charge < -0.3 is 15.5 Å². The van der Waals surface area contributed by atoms with Gasteiger partial charge in [0.15, 0.2) is 5.13 Å². The zero-order valence-corrected chi connectivity index (χ0v) is 16.0. The first kappa shape index (κ1) is 18.6. The van der Waals surface area contributed by atoms with Gasteiger partial charge >= 0.3 is 0 Å². The molecule has 0 bridgehead atoms. The van der Waals surface area contributed by atoms with Crippen LogP contribution in [0.4, 0.5) is 5.13 Å². The predicted octanol–water partition coefficient (Wildman–Crippen LogP) is 2.86. The molecule has 2 heterocycles. The Morgan fingerprint density at radius 3 is 2.96 bits per heavy atom. The lowest BCUT2D eigenvalue weighted by atomic mass is 9.97. The normalized spacial score (nSPS) is 17.3. The number of hydrogen-bond donors (Lipinski definition) is 2. The third kappa shape index (κ3) is 4.72. The molecular weight excluding hydrogens is 348 g/mol. The highest BCUT2D eigenvalue weighted by molar-refractivity contribution is 7.22. The molecule has 1 fully saturated rings. The van der Waals surface area contributed by atoms with Crippen LogP contribution in [0.2, 0.25) is 0 Å². The zero-order chi connectivity index (χ0) is 18.4. The van der Waals surface area contributed by atoms with E-state index in [4.69, 9.17) is 0 Å². The number of benzene rings is 1. The van der Waals surface area contributed by atoms with E-state index in [1.165, 1.54) is 0 Å². The minimum atomic E-state index is -0.0907. The number of carbonyl (C=O) groups excluding carboxylic acids is 2. The van der Waals surface area contributed by atoms with Crippen molar-refractivity contribution in [3.05, 3.63) is 24.3 Å². The highest BCUT2D eigenvalue weighted by Crippen LogP contribution is 2.25. The van der Waals surface area contributed by atoms with E-state index in [1.54, 1.807) is 11.3 Å². The van der Waals surface area contributed by atoms with Crippen molar-refractivity contribution in [3.63, 3.8) is 0 Å². The van der Waals surface area contributed by atoms with Crippen LogP contribution >= 0.6 is 11.3 Å². The number of piperidine rings is 1. The lowest BCUT2D eigenvalue weighted by Gasteiger charge is -2.32. The number of fused-ring (bicyclic) bond motifs is 1. The minimum Gasteiger partial charge on any atom is -0.360 e. The van der Waals surface area contributed by atoms with Crippen molar-refractivity contribution in [2.24, 2.45) is 5.92 Å². The van der Waals surface area contributed by atoms with E-state index in [0.717, 1.165) is 41.2 Å². The quantitative estimate of drug-likeness (QED) is 0.731. The van der Waals surface area contributed by atoms with E-state index in [1.807, 2.05) is 30.0 Å². The Morgan fingerprint density at radius 1 is 1.31 bits per heavy atom. The molecule has 1 atom stereocenters. The molecular formula is C19H26N4O2S. The van der Waals surface area contributed by atoms with E-state index in [0.29, 0.717) is 26.1 Å². The highest BCUT2D eigenvalue weighted by atomic mass is 32.1. The molecule has 1 aliphatic heterocycles. The molecule has 1 aromatic carbocycles. The first-order valence-corrected chi connectivity index (χ1v) is 10.1. The number of nitrogens with one attached hydrogen (secondary N) is 2. The van der Waals surface area contributed by atoms with Gasteiger partial charge in [-0.1, -0.05) is 30.4 Å². The first-order valence-electron chi connectivity index (χ1n) is 9.32. The van der Waals surface area contributed by atoms with Crippen LogP contribution < -0.4 is 10.6 Å². The summed E-state index contributed by atoms with van der Waals surface area (Å²) in [7, 11) is 0. The van der Waals surface area contributed by atoms with Crippen LogP contribution in [-0.2, 0) is 9.59 Å². The Bertz CT molecular complexity index is 728. The van der Waals surface area contributed by atoms with Crippen molar-refractivity contribution >= 4 is 38.5 Å². The maximum Gasteiger partial charge on any atom is 0.224 e. The van der Waals surface area contributed by atoms with Crippen molar-refractivity contribution in [1.29, 1.82) is 0 Å². The number of thiazole rings is 1. The molecule has 1 saturated heterocycles. The number of nitrogens with zero attached hydrogens (tertiary/aromatic N) is 2. The molecule has 0 radical (unpaired) electrons. The van der Waals surface area contributed by atoms with Crippen molar-refractivity contribution in [3.8, 4) is 0 Å². The van der Waals surface area contributed by atoms with Crippen molar-refractivity contribution in [1.82, 2.24) is 15.2 Å². The van der Waals surface area contributed by atoms with Crippen LogP contribution in [0.15, 0.2) is 24.3 Å². The van der Waals surface area contributed by atoms with Gasteiger partial charge in [-0.3, -0.25) is 9.59 Å². The second kappa shape index (κ2) is 8.98. The van der Waals surface area contributed by atoms with Gasteiger partial charge in [-0.05, 0) is 31.4 Å². The highest BCUT2D eigenvalue weighted by Gasteiger charge is 2.27. The average Bonchev–Trinajstić information content (AvgIpc) is 3.08. The van der Waals surface area contributed by atoms with Gasteiger partial charge in [0.2, 0.25) is 11.8 Å². The molecule has 1 aliphatic rings. The van der Waals surface area contributed by atoms with Crippen LogP contribution in [-0.4, -0.2) is 47.9 Å². The van der Waals surface area contributed by atoms with Gasteiger partial charge in [-0.15, -0.1) is 0 Å². The molecule has 3 rings (SSSR count).